The molecule has 1 aliphatic heterocycles. The highest BCUT2D eigenvalue weighted by Gasteiger charge is 2.25. The zero-order chi connectivity index (χ0) is 17.8. The first-order valence-corrected chi connectivity index (χ1v) is 9.44. The highest BCUT2D eigenvalue weighted by Crippen LogP contribution is 2.28. The Morgan fingerprint density at radius 3 is 2.85 bits per heavy atom. The maximum Gasteiger partial charge on any atom is 0.132 e. The van der Waals surface area contributed by atoms with E-state index in [2.05, 4.69) is 69.0 Å². The molecule has 0 amide bonds. The topological polar surface area (TPSA) is 46.8 Å². The van der Waals surface area contributed by atoms with Crippen molar-refractivity contribution in [2.75, 3.05) is 18.0 Å². The average molecular weight is 347 g/mol. The van der Waals surface area contributed by atoms with Crippen LogP contribution in [0.25, 0.3) is 0 Å². The second-order valence-electron chi connectivity index (χ2n) is 6.91. The van der Waals surface area contributed by atoms with Gasteiger partial charge in [-0.25, -0.2) is 15.0 Å². The molecule has 0 spiro atoms. The van der Waals surface area contributed by atoms with Gasteiger partial charge in [-0.05, 0) is 24.8 Å². The molecule has 4 rings (SSSR count). The number of benzene rings is 1. The van der Waals surface area contributed by atoms with Gasteiger partial charge >= 0.3 is 0 Å². The fraction of sp³-hybridized carbons (Fsp3) is 0.381. The molecule has 2 aromatic heterocycles. The number of aromatic nitrogens is 4. The molecule has 0 radical (unpaired) electrons. The molecule has 1 aromatic carbocycles. The third-order valence-corrected chi connectivity index (χ3v) is 5.13. The fourth-order valence-corrected chi connectivity index (χ4v) is 3.74. The number of aryl methyl sites for hydroxylation is 1. The second-order valence-corrected chi connectivity index (χ2v) is 6.91. The minimum atomic E-state index is 0.433. The quantitative estimate of drug-likeness (QED) is 0.706. The molecular weight excluding hydrogens is 322 g/mol. The van der Waals surface area contributed by atoms with Crippen molar-refractivity contribution in [2.24, 2.45) is 0 Å². The molecule has 134 valence electrons. The largest absolute Gasteiger partial charge is 0.356 e. The maximum absolute atomic E-state index is 4.70. The molecule has 5 heteroatoms. The Morgan fingerprint density at radius 1 is 1.12 bits per heavy atom. The Morgan fingerprint density at radius 2 is 2.00 bits per heavy atom. The van der Waals surface area contributed by atoms with Gasteiger partial charge in [0.05, 0.1) is 0 Å². The summed E-state index contributed by atoms with van der Waals surface area (Å²) in [6.45, 7) is 5.02. The van der Waals surface area contributed by atoms with Crippen LogP contribution in [0.3, 0.4) is 0 Å². The summed E-state index contributed by atoms with van der Waals surface area (Å²) in [5.74, 6) is 2.66. The minimum Gasteiger partial charge on any atom is -0.356 e. The third-order valence-electron chi connectivity index (χ3n) is 5.13. The van der Waals surface area contributed by atoms with Gasteiger partial charge in [-0.1, -0.05) is 37.3 Å². The normalized spacial score (nSPS) is 17.4. The van der Waals surface area contributed by atoms with Crippen LogP contribution < -0.4 is 4.90 Å². The zero-order valence-corrected chi connectivity index (χ0v) is 15.3. The van der Waals surface area contributed by atoms with Gasteiger partial charge in [0.25, 0.3) is 0 Å². The smallest absolute Gasteiger partial charge is 0.132 e. The van der Waals surface area contributed by atoms with E-state index in [1.54, 1.807) is 6.33 Å². The van der Waals surface area contributed by atoms with Crippen LogP contribution in [0.15, 0.2) is 55.1 Å². The molecule has 5 nitrogen and oxygen atoms in total. The third kappa shape index (κ3) is 3.62. The van der Waals surface area contributed by atoms with Gasteiger partial charge in [-0.15, -0.1) is 0 Å². The van der Waals surface area contributed by atoms with Crippen molar-refractivity contribution >= 4 is 5.82 Å². The molecule has 0 bridgehead atoms. The molecule has 1 unspecified atom stereocenters. The van der Waals surface area contributed by atoms with Crippen molar-refractivity contribution in [3.8, 4) is 0 Å². The average Bonchev–Trinajstić information content (AvgIpc) is 3.17. The SMILES string of the molecule is CCc1cc(N2CCCC(c3nccn3Cc3ccccc3)C2)ncn1. The minimum absolute atomic E-state index is 0.433. The van der Waals surface area contributed by atoms with Crippen LogP contribution in [0.2, 0.25) is 0 Å². The van der Waals surface area contributed by atoms with Crippen molar-refractivity contribution in [1.82, 2.24) is 19.5 Å². The van der Waals surface area contributed by atoms with E-state index in [1.165, 1.54) is 17.8 Å². The predicted molar refractivity (Wildman–Crippen MR) is 103 cm³/mol. The first-order valence-electron chi connectivity index (χ1n) is 9.44. The summed E-state index contributed by atoms with van der Waals surface area (Å²) in [5, 5.41) is 0. The molecule has 1 aliphatic rings. The van der Waals surface area contributed by atoms with E-state index in [1.807, 2.05) is 6.20 Å². The van der Waals surface area contributed by atoms with Crippen LogP contribution in [0.1, 0.15) is 42.8 Å². The van der Waals surface area contributed by atoms with Gasteiger partial charge < -0.3 is 9.47 Å². The van der Waals surface area contributed by atoms with Gasteiger partial charge in [-0.3, -0.25) is 0 Å². The van der Waals surface area contributed by atoms with Crippen molar-refractivity contribution in [1.29, 1.82) is 0 Å². The summed E-state index contributed by atoms with van der Waals surface area (Å²) >= 11 is 0. The van der Waals surface area contributed by atoms with Crippen molar-refractivity contribution in [3.05, 3.63) is 72.2 Å². The molecule has 3 heterocycles. The summed E-state index contributed by atoms with van der Waals surface area (Å²) in [6, 6.07) is 12.7. The van der Waals surface area contributed by atoms with E-state index in [0.717, 1.165) is 44.0 Å². The second kappa shape index (κ2) is 7.68. The summed E-state index contributed by atoms with van der Waals surface area (Å²) in [6.07, 6.45) is 8.99. The first-order chi connectivity index (χ1) is 12.8. The predicted octanol–water partition coefficient (Wildman–Crippen LogP) is 3.67. The zero-order valence-electron chi connectivity index (χ0n) is 15.3. The van der Waals surface area contributed by atoms with Gasteiger partial charge in [0.15, 0.2) is 0 Å². The lowest BCUT2D eigenvalue weighted by molar-refractivity contribution is 0.474. The molecule has 1 atom stereocenters. The Kier molecular flexibility index (Phi) is 4.95. The number of piperidine rings is 1. The Hall–Kier alpha value is -2.69. The van der Waals surface area contributed by atoms with E-state index in [9.17, 15) is 0 Å². The van der Waals surface area contributed by atoms with E-state index in [0.29, 0.717) is 5.92 Å². The van der Waals surface area contributed by atoms with Gasteiger partial charge in [0.2, 0.25) is 0 Å². The number of anilines is 1. The van der Waals surface area contributed by atoms with E-state index >= 15 is 0 Å². The molecule has 26 heavy (non-hydrogen) atoms. The maximum atomic E-state index is 4.70. The first kappa shape index (κ1) is 16.8. The Balaban J connectivity index is 1.52. The molecule has 0 N–H and O–H groups in total. The summed E-state index contributed by atoms with van der Waals surface area (Å²) in [5.41, 5.74) is 2.41. The van der Waals surface area contributed by atoms with Gasteiger partial charge in [0, 0.05) is 49.7 Å². The summed E-state index contributed by atoms with van der Waals surface area (Å²) in [4.78, 5) is 15.9. The van der Waals surface area contributed by atoms with Crippen LogP contribution in [0.4, 0.5) is 5.82 Å². The lowest BCUT2D eigenvalue weighted by Gasteiger charge is -2.33. The summed E-state index contributed by atoms with van der Waals surface area (Å²) < 4.78 is 2.29. The van der Waals surface area contributed by atoms with E-state index < -0.39 is 0 Å². The molecule has 1 fully saturated rings. The van der Waals surface area contributed by atoms with Crippen molar-refractivity contribution in [2.45, 2.75) is 38.6 Å². The highest BCUT2D eigenvalue weighted by molar-refractivity contribution is 5.40. The van der Waals surface area contributed by atoms with Crippen LogP contribution in [0, 0.1) is 0 Å². The standard InChI is InChI=1S/C21H25N5/c1-2-19-13-20(24-16-23-19)25-11-6-9-18(15-25)21-22-10-12-26(21)14-17-7-4-3-5-8-17/h3-5,7-8,10,12-13,16,18H,2,6,9,11,14-15H2,1H3. The highest BCUT2D eigenvalue weighted by atomic mass is 15.2. The van der Waals surface area contributed by atoms with Gasteiger partial charge in [-0.2, -0.15) is 0 Å². The number of nitrogens with zero attached hydrogens (tertiary/aromatic N) is 5. The number of hydrogen-bond acceptors (Lipinski definition) is 4. The molecule has 0 aliphatic carbocycles. The van der Waals surface area contributed by atoms with Crippen LogP contribution in [-0.4, -0.2) is 32.6 Å². The summed E-state index contributed by atoms with van der Waals surface area (Å²) in [7, 11) is 0. The fourth-order valence-electron chi connectivity index (χ4n) is 3.74. The van der Waals surface area contributed by atoms with Crippen LogP contribution in [-0.2, 0) is 13.0 Å². The van der Waals surface area contributed by atoms with Crippen molar-refractivity contribution < 1.29 is 0 Å². The number of hydrogen-bond donors (Lipinski definition) is 0. The molecule has 0 saturated carbocycles. The van der Waals surface area contributed by atoms with E-state index in [4.69, 9.17) is 4.98 Å². The molecule has 1 saturated heterocycles. The van der Waals surface area contributed by atoms with Crippen LogP contribution >= 0.6 is 0 Å². The van der Waals surface area contributed by atoms with Crippen LogP contribution in [0.5, 0.6) is 0 Å². The number of rotatable bonds is 5. The molecular formula is C21H25N5. The Labute approximate surface area is 154 Å². The monoisotopic (exact) mass is 347 g/mol. The lowest BCUT2D eigenvalue weighted by atomic mass is 9.97. The Bertz CT molecular complexity index is 842. The van der Waals surface area contributed by atoms with Crippen molar-refractivity contribution in [3.63, 3.8) is 0 Å². The lowest BCUT2D eigenvalue weighted by Crippen LogP contribution is -2.36. The number of imidazole rings is 1. The van der Waals surface area contributed by atoms with E-state index in [-0.39, 0.29) is 0 Å². The molecule has 3 aromatic rings. The van der Waals surface area contributed by atoms with Gasteiger partial charge in [0.1, 0.15) is 18.0 Å².